The van der Waals surface area contributed by atoms with Crippen LogP contribution in [-0.4, -0.2) is 24.7 Å². The maximum Gasteiger partial charge on any atom is 0.240 e. The number of aromatic nitrogens is 2. The topological polar surface area (TPSA) is 90.0 Å². The largest absolute Gasteiger partial charge is 0.381 e. The van der Waals surface area contributed by atoms with Gasteiger partial charge in [-0.3, -0.25) is 0 Å². The van der Waals surface area contributed by atoms with E-state index >= 15 is 0 Å². The van der Waals surface area contributed by atoms with Crippen LogP contribution < -0.4 is 10.5 Å². The van der Waals surface area contributed by atoms with Gasteiger partial charge in [-0.05, 0) is 46.6 Å². The van der Waals surface area contributed by atoms with Crippen molar-refractivity contribution in [2.45, 2.75) is 18.2 Å². The molecule has 108 valence electrons. The van der Waals surface area contributed by atoms with Crippen LogP contribution in [0.5, 0.6) is 0 Å². The van der Waals surface area contributed by atoms with E-state index in [0.717, 1.165) is 12.1 Å². The predicted octanol–water partition coefficient (Wildman–Crippen LogP) is 1.91. The summed E-state index contributed by atoms with van der Waals surface area (Å²) in [5.41, 5.74) is 6.38. The molecule has 8 heteroatoms. The molecule has 0 aliphatic heterocycles. The van der Waals surface area contributed by atoms with Crippen molar-refractivity contribution < 1.29 is 8.42 Å². The van der Waals surface area contributed by atoms with Gasteiger partial charge in [0.05, 0.1) is 15.1 Å². The standard InChI is InChI=1S/C12H15BrN4O2S/c1-2-7-15-20(18,19)10-5-3-9(4-6-10)17-8-11(13)12(14)16-17/h3-6,8,15H,2,7H2,1H3,(H2,14,16). The summed E-state index contributed by atoms with van der Waals surface area (Å²) in [5, 5.41) is 4.10. The summed E-state index contributed by atoms with van der Waals surface area (Å²) in [6.45, 7) is 2.33. The van der Waals surface area contributed by atoms with E-state index in [1.807, 2.05) is 6.92 Å². The van der Waals surface area contributed by atoms with Crippen LogP contribution in [0.25, 0.3) is 5.69 Å². The Morgan fingerprint density at radius 1 is 1.35 bits per heavy atom. The second-order valence-electron chi connectivity index (χ2n) is 4.20. The smallest absolute Gasteiger partial charge is 0.240 e. The first-order chi connectivity index (χ1) is 9.44. The summed E-state index contributed by atoms with van der Waals surface area (Å²) in [6.07, 6.45) is 2.46. The predicted molar refractivity (Wildman–Crippen MR) is 81.2 cm³/mol. The minimum absolute atomic E-state index is 0.230. The normalized spacial score (nSPS) is 11.7. The van der Waals surface area contributed by atoms with Crippen LogP contribution in [0, 0.1) is 0 Å². The number of hydrogen-bond donors (Lipinski definition) is 2. The number of nitrogens with two attached hydrogens (primary N) is 1. The van der Waals surface area contributed by atoms with E-state index in [1.54, 1.807) is 35.1 Å². The summed E-state index contributed by atoms with van der Waals surface area (Å²) in [6, 6.07) is 6.44. The molecule has 0 aliphatic carbocycles. The van der Waals surface area contributed by atoms with Crippen LogP contribution in [0.1, 0.15) is 13.3 Å². The third-order valence-electron chi connectivity index (χ3n) is 2.65. The molecule has 0 bridgehead atoms. The van der Waals surface area contributed by atoms with E-state index in [9.17, 15) is 8.42 Å². The Balaban J connectivity index is 2.26. The molecular weight excluding hydrogens is 344 g/mol. The SMILES string of the molecule is CCCNS(=O)(=O)c1ccc(-n2cc(Br)c(N)n2)cc1. The molecule has 0 radical (unpaired) electrons. The van der Waals surface area contributed by atoms with Crippen molar-refractivity contribution in [1.82, 2.24) is 14.5 Å². The fourth-order valence-electron chi connectivity index (χ4n) is 1.60. The molecule has 6 nitrogen and oxygen atoms in total. The molecule has 1 aromatic heterocycles. The van der Waals surface area contributed by atoms with E-state index in [-0.39, 0.29) is 4.90 Å². The highest BCUT2D eigenvalue weighted by Crippen LogP contribution is 2.20. The van der Waals surface area contributed by atoms with Gasteiger partial charge in [0.1, 0.15) is 0 Å². The van der Waals surface area contributed by atoms with Gasteiger partial charge >= 0.3 is 0 Å². The molecule has 20 heavy (non-hydrogen) atoms. The van der Waals surface area contributed by atoms with E-state index in [2.05, 4.69) is 25.8 Å². The molecule has 0 amide bonds. The van der Waals surface area contributed by atoms with Crippen LogP contribution in [0.2, 0.25) is 0 Å². The molecule has 2 aromatic rings. The molecule has 0 spiro atoms. The van der Waals surface area contributed by atoms with E-state index < -0.39 is 10.0 Å². The molecule has 0 aliphatic rings. The first kappa shape index (κ1) is 15.0. The van der Waals surface area contributed by atoms with Gasteiger partial charge in [0, 0.05) is 12.7 Å². The maximum absolute atomic E-state index is 11.9. The summed E-state index contributed by atoms with van der Waals surface area (Å²) in [4.78, 5) is 0.230. The summed E-state index contributed by atoms with van der Waals surface area (Å²) in [7, 11) is -3.44. The fraction of sp³-hybridized carbons (Fsp3) is 0.250. The van der Waals surface area contributed by atoms with Gasteiger partial charge < -0.3 is 5.73 Å². The number of halogens is 1. The van der Waals surface area contributed by atoms with Gasteiger partial charge in [0.2, 0.25) is 10.0 Å². The summed E-state index contributed by atoms with van der Waals surface area (Å²) >= 11 is 3.27. The highest BCUT2D eigenvalue weighted by atomic mass is 79.9. The molecule has 0 unspecified atom stereocenters. The Kier molecular flexibility index (Phi) is 4.46. The van der Waals surface area contributed by atoms with Crippen molar-refractivity contribution in [1.29, 1.82) is 0 Å². The molecular formula is C12H15BrN4O2S. The van der Waals surface area contributed by atoms with Gasteiger partial charge in [0.25, 0.3) is 0 Å². The lowest BCUT2D eigenvalue weighted by molar-refractivity contribution is 0.581. The Hall–Kier alpha value is -1.38. The van der Waals surface area contributed by atoms with Crippen molar-refractivity contribution >= 4 is 31.8 Å². The zero-order chi connectivity index (χ0) is 14.8. The number of nitrogens with zero attached hydrogens (tertiary/aromatic N) is 2. The van der Waals surface area contributed by atoms with Crippen molar-refractivity contribution in [3.05, 3.63) is 34.9 Å². The number of sulfonamides is 1. The van der Waals surface area contributed by atoms with Gasteiger partial charge in [-0.2, -0.15) is 0 Å². The minimum Gasteiger partial charge on any atom is -0.381 e. The molecule has 0 saturated carbocycles. The molecule has 0 fully saturated rings. The Bertz CT molecular complexity index is 675. The van der Waals surface area contributed by atoms with Crippen LogP contribution >= 0.6 is 15.9 Å². The fourth-order valence-corrected chi connectivity index (χ4v) is 3.00. The lowest BCUT2D eigenvalue weighted by Gasteiger charge is -2.06. The van der Waals surface area contributed by atoms with Gasteiger partial charge in [0.15, 0.2) is 5.82 Å². The van der Waals surface area contributed by atoms with E-state index in [0.29, 0.717) is 16.8 Å². The summed E-state index contributed by atoms with van der Waals surface area (Å²) < 4.78 is 28.7. The third kappa shape index (κ3) is 3.20. The molecule has 2 rings (SSSR count). The van der Waals surface area contributed by atoms with E-state index in [4.69, 9.17) is 5.73 Å². The average molecular weight is 359 g/mol. The number of anilines is 1. The van der Waals surface area contributed by atoms with Crippen molar-refractivity contribution in [3.8, 4) is 5.69 Å². The average Bonchev–Trinajstić information content (AvgIpc) is 2.77. The maximum atomic E-state index is 11.9. The third-order valence-corrected chi connectivity index (χ3v) is 4.74. The lowest BCUT2D eigenvalue weighted by atomic mass is 10.3. The number of rotatable bonds is 5. The molecule has 3 N–H and O–H groups in total. The van der Waals surface area contributed by atoms with Crippen LogP contribution in [0.15, 0.2) is 39.8 Å². The van der Waals surface area contributed by atoms with Gasteiger partial charge in [-0.1, -0.05) is 6.92 Å². The van der Waals surface area contributed by atoms with Crippen LogP contribution in [0.3, 0.4) is 0 Å². The first-order valence-electron chi connectivity index (χ1n) is 6.05. The van der Waals surface area contributed by atoms with Gasteiger partial charge in [-0.15, -0.1) is 5.10 Å². The lowest BCUT2D eigenvalue weighted by Crippen LogP contribution is -2.24. The number of nitrogen functional groups attached to an aromatic ring is 1. The molecule has 1 aromatic carbocycles. The zero-order valence-corrected chi connectivity index (χ0v) is 13.3. The second kappa shape index (κ2) is 5.94. The Morgan fingerprint density at radius 3 is 2.50 bits per heavy atom. The van der Waals surface area contributed by atoms with Crippen LogP contribution in [0.4, 0.5) is 5.82 Å². The van der Waals surface area contributed by atoms with Crippen molar-refractivity contribution in [2.75, 3.05) is 12.3 Å². The van der Waals surface area contributed by atoms with Crippen molar-refractivity contribution in [3.63, 3.8) is 0 Å². The first-order valence-corrected chi connectivity index (χ1v) is 8.32. The second-order valence-corrected chi connectivity index (χ2v) is 6.82. The minimum atomic E-state index is -3.44. The Morgan fingerprint density at radius 2 is 2.00 bits per heavy atom. The number of benzene rings is 1. The van der Waals surface area contributed by atoms with E-state index in [1.165, 1.54) is 0 Å². The molecule has 1 heterocycles. The highest BCUT2D eigenvalue weighted by molar-refractivity contribution is 9.10. The van der Waals surface area contributed by atoms with Crippen LogP contribution in [-0.2, 0) is 10.0 Å². The van der Waals surface area contributed by atoms with Crippen molar-refractivity contribution in [2.24, 2.45) is 0 Å². The van der Waals surface area contributed by atoms with Gasteiger partial charge in [-0.25, -0.2) is 17.8 Å². The Labute approximate surface area is 126 Å². The number of hydrogen-bond acceptors (Lipinski definition) is 4. The highest BCUT2D eigenvalue weighted by Gasteiger charge is 2.13. The monoisotopic (exact) mass is 358 g/mol. The number of nitrogens with one attached hydrogen (secondary N) is 1. The zero-order valence-electron chi connectivity index (χ0n) is 10.9. The summed E-state index contributed by atoms with van der Waals surface area (Å²) in [5.74, 6) is 0.381. The molecule has 0 atom stereocenters. The molecule has 0 saturated heterocycles. The quantitative estimate of drug-likeness (QED) is 0.853.